The molecule has 0 aliphatic rings. The zero-order valence-electron chi connectivity index (χ0n) is 20.6. The minimum atomic E-state index is -4.89. The van der Waals surface area contributed by atoms with Crippen LogP contribution in [0.25, 0.3) is 22.2 Å². The molecule has 0 saturated heterocycles. The number of aromatic amines is 1. The van der Waals surface area contributed by atoms with Crippen LogP contribution in [0.3, 0.4) is 0 Å². The molecule has 0 atom stereocenters. The molecule has 12 heteroatoms. The fourth-order valence-corrected chi connectivity index (χ4v) is 3.50. The van der Waals surface area contributed by atoms with Crippen LogP contribution in [0.1, 0.15) is 31.3 Å². The van der Waals surface area contributed by atoms with Crippen LogP contribution in [-0.2, 0) is 6.18 Å². The number of aromatic nitrogens is 3. The van der Waals surface area contributed by atoms with Crippen molar-refractivity contribution in [3.05, 3.63) is 80.9 Å². The van der Waals surface area contributed by atoms with E-state index in [1.165, 1.54) is 6.07 Å². The minimum Gasteiger partial charge on any atom is -0.438 e. The molecule has 1 amide bonds. The van der Waals surface area contributed by atoms with Gasteiger partial charge in [0.2, 0.25) is 5.88 Å². The largest absolute Gasteiger partial charge is 0.438 e. The topological polar surface area (TPSA) is 111 Å². The Hall–Kier alpha value is -4.35. The van der Waals surface area contributed by atoms with Gasteiger partial charge in [0.05, 0.1) is 27.7 Å². The Balaban J connectivity index is 2.03. The van der Waals surface area contributed by atoms with E-state index in [0.29, 0.717) is 12.3 Å². The number of ether oxygens (including phenoxy) is 1. The monoisotopic (exact) mass is 493 g/mol. The summed E-state index contributed by atoms with van der Waals surface area (Å²) in [6.07, 6.45) is -3.34. The normalized spacial score (nSPS) is 13.3. The van der Waals surface area contributed by atoms with Gasteiger partial charge in [-0.3, -0.25) is 14.6 Å². The summed E-state index contributed by atoms with van der Waals surface area (Å²) >= 11 is 0. The lowest BCUT2D eigenvalue weighted by Gasteiger charge is -2.18. The van der Waals surface area contributed by atoms with Gasteiger partial charge in [-0.15, -0.1) is 0 Å². The summed E-state index contributed by atoms with van der Waals surface area (Å²) in [6.45, 7) is -2.16. The number of halogens is 5. The molecule has 3 aromatic heterocycles. The van der Waals surface area contributed by atoms with Crippen molar-refractivity contribution in [1.29, 1.82) is 0 Å². The van der Waals surface area contributed by atoms with Gasteiger partial charge >= 0.3 is 6.18 Å². The van der Waals surface area contributed by atoms with Gasteiger partial charge in [0.25, 0.3) is 5.91 Å². The predicted molar refractivity (Wildman–Crippen MR) is 115 cm³/mol. The van der Waals surface area contributed by atoms with Gasteiger partial charge in [0.1, 0.15) is 11.4 Å². The van der Waals surface area contributed by atoms with E-state index < -0.39 is 69.9 Å². The zero-order valence-corrected chi connectivity index (χ0v) is 17.6. The highest BCUT2D eigenvalue weighted by molar-refractivity contribution is 6.03. The number of H-pyrrole nitrogens is 1. The summed E-state index contributed by atoms with van der Waals surface area (Å²) in [6, 6.07) is 3.48. The zero-order chi connectivity index (χ0) is 28.2. The molecule has 3 heterocycles. The Bertz CT molecular complexity index is 1670. The number of carbonyl (C=O) groups excluding carboxylic acids is 1. The van der Waals surface area contributed by atoms with Crippen LogP contribution >= 0.6 is 0 Å². The maximum Gasteiger partial charge on any atom is 0.418 e. The van der Waals surface area contributed by atoms with Gasteiger partial charge in [-0.1, -0.05) is 0 Å². The number of nitrogens with one attached hydrogen (secondary N) is 1. The van der Waals surface area contributed by atoms with Crippen molar-refractivity contribution in [2.24, 2.45) is 5.73 Å². The summed E-state index contributed by atoms with van der Waals surface area (Å²) in [5.41, 5.74) is 0.460. The molecule has 1 aromatic carbocycles. The highest BCUT2D eigenvalue weighted by Gasteiger charge is 2.35. The molecule has 3 N–H and O–H groups in total. The van der Waals surface area contributed by atoms with Crippen LogP contribution in [0, 0.1) is 25.4 Å². The maximum absolute atomic E-state index is 14.4. The molecular formula is C23H15F5N4O3. The van der Waals surface area contributed by atoms with E-state index in [9.17, 15) is 31.5 Å². The molecule has 7 nitrogen and oxygen atoms in total. The second-order valence-corrected chi connectivity index (χ2v) is 7.30. The number of nitrogens with two attached hydrogens (primary N) is 1. The molecule has 0 aliphatic carbocycles. The summed E-state index contributed by atoms with van der Waals surface area (Å²) in [5.74, 6) is -5.63. The first-order chi connectivity index (χ1) is 17.6. The van der Waals surface area contributed by atoms with Crippen molar-refractivity contribution in [3.63, 3.8) is 0 Å². The number of nitrogens with zero attached hydrogens (tertiary/aromatic N) is 2. The quantitative estimate of drug-likeness (QED) is 0.397. The van der Waals surface area contributed by atoms with Crippen molar-refractivity contribution in [1.82, 2.24) is 15.0 Å². The second kappa shape index (κ2) is 8.46. The van der Waals surface area contributed by atoms with Crippen LogP contribution < -0.4 is 15.9 Å². The molecule has 0 radical (unpaired) electrons. The molecule has 0 saturated carbocycles. The fraction of sp³-hybridized carbons (Fsp3) is 0.130. The molecule has 0 fully saturated rings. The molecule has 0 bridgehead atoms. The number of primary amides is 1. The molecule has 0 spiro atoms. The molecule has 35 heavy (non-hydrogen) atoms. The smallest absolute Gasteiger partial charge is 0.418 e. The van der Waals surface area contributed by atoms with Crippen molar-refractivity contribution < 1.29 is 35.6 Å². The number of benzene rings is 1. The number of hydrogen-bond donors (Lipinski definition) is 2. The Morgan fingerprint density at radius 2 is 1.91 bits per heavy atom. The van der Waals surface area contributed by atoms with Gasteiger partial charge in [-0.05, 0) is 37.5 Å². The van der Waals surface area contributed by atoms with Crippen molar-refractivity contribution >= 4 is 16.8 Å². The van der Waals surface area contributed by atoms with Gasteiger partial charge < -0.3 is 15.5 Å². The highest BCUT2D eigenvalue weighted by Crippen LogP contribution is 2.41. The van der Waals surface area contributed by atoms with Gasteiger partial charge in [0.15, 0.2) is 17.1 Å². The number of rotatable bonds is 4. The second-order valence-electron chi connectivity index (χ2n) is 7.30. The number of pyridine rings is 3. The third kappa shape index (κ3) is 4.18. The van der Waals surface area contributed by atoms with Crippen molar-refractivity contribution in [2.45, 2.75) is 20.0 Å². The van der Waals surface area contributed by atoms with Crippen molar-refractivity contribution in [3.8, 4) is 22.9 Å². The summed E-state index contributed by atoms with van der Waals surface area (Å²) < 4.78 is 97.5. The van der Waals surface area contributed by atoms with E-state index in [-0.39, 0.29) is 22.3 Å². The lowest BCUT2D eigenvalue weighted by atomic mass is 10.0. The van der Waals surface area contributed by atoms with Crippen LogP contribution in [0.2, 0.25) is 0 Å². The van der Waals surface area contributed by atoms with E-state index in [0.717, 1.165) is 25.3 Å². The van der Waals surface area contributed by atoms with E-state index in [2.05, 4.69) is 15.0 Å². The van der Waals surface area contributed by atoms with E-state index in [1.54, 1.807) is 0 Å². The fourth-order valence-electron chi connectivity index (χ4n) is 3.50. The first-order valence-corrected chi connectivity index (χ1v) is 9.66. The molecule has 0 unspecified atom stereocenters. The van der Waals surface area contributed by atoms with Gasteiger partial charge in [-0.25, -0.2) is 13.8 Å². The number of amides is 1. The van der Waals surface area contributed by atoms with E-state index >= 15 is 0 Å². The molecule has 4 aromatic rings. The Morgan fingerprint density at radius 1 is 1.17 bits per heavy atom. The maximum atomic E-state index is 14.4. The Labute approximate surface area is 197 Å². The lowest BCUT2D eigenvalue weighted by Crippen LogP contribution is -2.18. The standard InChI is InChI=1S/C23H15F5N4O3/c1-9-11(23(26,27)28)8-31-22(35-16-4-3-12(24)19(25)10(16)2)17(9)14-7-15(33)18-13(32-14)5-6-30-20(18)21(29)34/h3-8H,1-2H3,(H2,29,34)(H,32,33)/i2D3. The molecule has 180 valence electrons. The highest BCUT2D eigenvalue weighted by atomic mass is 19.4. The van der Waals surface area contributed by atoms with Gasteiger partial charge in [0, 0.05) is 28.1 Å². The number of fused-ring (bicyclic) bond motifs is 1. The number of hydrogen-bond acceptors (Lipinski definition) is 5. The minimum absolute atomic E-state index is 0.0185. The first-order valence-electron chi connectivity index (χ1n) is 11.2. The molecule has 4 rings (SSSR count). The average molecular weight is 493 g/mol. The van der Waals surface area contributed by atoms with Crippen LogP contribution in [-0.4, -0.2) is 20.9 Å². The van der Waals surface area contributed by atoms with Crippen LogP contribution in [0.4, 0.5) is 22.0 Å². The third-order valence-electron chi connectivity index (χ3n) is 5.12. The molecular weight excluding hydrogens is 475 g/mol. The number of alkyl halides is 3. The molecule has 0 aliphatic heterocycles. The van der Waals surface area contributed by atoms with E-state index in [1.807, 2.05) is 0 Å². The Kier molecular flexibility index (Phi) is 4.85. The third-order valence-corrected chi connectivity index (χ3v) is 5.12. The van der Waals surface area contributed by atoms with Crippen LogP contribution in [0.5, 0.6) is 11.6 Å². The van der Waals surface area contributed by atoms with E-state index in [4.69, 9.17) is 14.6 Å². The first kappa shape index (κ1) is 20.1. The number of carbonyl (C=O) groups is 1. The van der Waals surface area contributed by atoms with Crippen LogP contribution in [0.15, 0.2) is 41.5 Å². The predicted octanol–water partition coefficient (Wildman–Crippen LogP) is 4.79. The van der Waals surface area contributed by atoms with Crippen molar-refractivity contribution in [2.75, 3.05) is 0 Å². The summed E-state index contributed by atoms with van der Waals surface area (Å²) in [4.78, 5) is 34.7. The lowest BCUT2D eigenvalue weighted by molar-refractivity contribution is -0.138. The summed E-state index contributed by atoms with van der Waals surface area (Å²) in [5, 5.41) is -0.228. The Morgan fingerprint density at radius 3 is 2.57 bits per heavy atom. The van der Waals surface area contributed by atoms with Gasteiger partial charge in [-0.2, -0.15) is 13.2 Å². The average Bonchev–Trinajstić information content (AvgIpc) is 2.79. The summed E-state index contributed by atoms with van der Waals surface area (Å²) in [7, 11) is 0. The SMILES string of the molecule is [2H]C([2H])([2H])c1c(Oc2ncc(C(F)(F)F)c(C)c2-c2cc(=O)c3c(C(N)=O)nccc3[nH]2)ccc(F)c1F.